The molecule has 0 aliphatic carbocycles. The van der Waals surface area contributed by atoms with E-state index in [4.69, 9.17) is 16.3 Å². The topological polar surface area (TPSA) is 61.9 Å². The Morgan fingerprint density at radius 3 is 2.53 bits per heavy atom. The summed E-state index contributed by atoms with van der Waals surface area (Å²) < 4.78 is 5.31. The van der Waals surface area contributed by atoms with E-state index >= 15 is 0 Å². The van der Waals surface area contributed by atoms with Gasteiger partial charge in [0.05, 0.1) is 12.7 Å². The minimum atomic E-state index is -0.491. The number of hydrogen-bond donors (Lipinski definition) is 1. The van der Waals surface area contributed by atoms with Gasteiger partial charge in [-0.3, -0.25) is 9.59 Å². The smallest absolute Gasteiger partial charge is 0.258 e. The molecule has 3 rings (SSSR count). The van der Waals surface area contributed by atoms with E-state index in [-0.39, 0.29) is 11.8 Å². The SMILES string of the molecule is COc1ccc(Cl)cc1C(=O)N1CCC[C@H]1C(=O)NCc1ccc(CN(C)C)cc1. The van der Waals surface area contributed by atoms with Crippen LogP contribution in [0.25, 0.3) is 0 Å². The molecule has 1 fully saturated rings. The maximum atomic E-state index is 13.1. The van der Waals surface area contributed by atoms with Crippen LogP contribution in [0.4, 0.5) is 0 Å². The van der Waals surface area contributed by atoms with E-state index in [9.17, 15) is 9.59 Å². The Balaban J connectivity index is 1.64. The van der Waals surface area contributed by atoms with Crippen LogP contribution in [0.15, 0.2) is 42.5 Å². The summed E-state index contributed by atoms with van der Waals surface area (Å²) in [6.45, 7) is 1.84. The van der Waals surface area contributed by atoms with Crippen LogP contribution in [0.2, 0.25) is 5.02 Å². The van der Waals surface area contributed by atoms with Gasteiger partial charge in [0.15, 0.2) is 0 Å². The summed E-state index contributed by atoms with van der Waals surface area (Å²) in [4.78, 5) is 29.6. The van der Waals surface area contributed by atoms with E-state index in [1.165, 1.54) is 12.7 Å². The molecule has 1 atom stereocenters. The molecule has 1 aliphatic heterocycles. The number of amides is 2. The van der Waals surface area contributed by atoms with Crippen LogP contribution >= 0.6 is 11.6 Å². The molecule has 0 bridgehead atoms. The van der Waals surface area contributed by atoms with Crippen LogP contribution in [0, 0.1) is 0 Å². The van der Waals surface area contributed by atoms with E-state index in [1.54, 1.807) is 23.1 Å². The summed E-state index contributed by atoms with van der Waals surface area (Å²) >= 11 is 6.07. The molecule has 30 heavy (non-hydrogen) atoms. The van der Waals surface area contributed by atoms with Crippen molar-refractivity contribution in [1.29, 1.82) is 0 Å². The molecule has 1 aliphatic rings. The lowest BCUT2D eigenvalue weighted by Gasteiger charge is -2.25. The average molecular weight is 430 g/mol. The van der Waals surface area contributed by atoms with Crippen molar-refractivity contribution >= 4 is 23.4 Å². The van der Waals surface area contributed by atoms with Gasteiger partial charge in [-0.15, -0.1) is 0 Å². The molecule has 6 nitrogen and oxygen atoms in total. The lowest BCUT2D eigenvalue weighted by molar-refractivity contribution is -0.125. The van der Waals surface area contributed by atoms with Gasteiger partial charge in [0, 0.05) is 24.7 Å². The highest BCUT2D eigenvalue weighted by Gasteiger charge is 2.35. The molecule has 0 spiro atoms. The van der Waals surface area contributed by atoms with Crippen LogP contribution in [0.5, 0.6) is 5.75 Å². The van der Waals surface area contributed by atoms with Crippen molar-refractivity contribution in [1.82, 2.24) is 15.1 Å². The fourth-order valence-electron chi connectivity index (χ4n) is 3.72. The van der Waals surface area contributed by atoms with Crippen LogP contribution < -0.4 is 10.1 Å². The highest BCUT2D eigenvalue weighted by atomic mass is 35.5. The summed E-state index contributed by atoms with van der Waals surface area (Å²) in [5.41, 5.74) is 2.62. The maximum Gasteiger partial charge on any atom is 0.258 e. The Morgan fingerprint density at radius 1 is 1.17 bits per heavy atom. The maximum absolute atomic E-state index is 13.1. The van der Waals surface area contributed by atoms with Crippen molar-refractivity contribution < 1.29 is 14.3 Å². The van der Waals surface area contributed by atoms with Crippen molar-refractivity contribution in [3.05, 3.63) is 64.2 Å². The Kier molecular flexibility index (Phi) is 7.34. The lowest BCUT2D eigenvalue weighted by Crippen LogP contribution is -2.45. The summed E-state index contributed by atoms with van der Waals surface area (Å²) in [7, 11) is 5.57. The summed E-state index contributed by atoms with van der Waals surface area (Å²) in [5, 5.41) is 3.43. The second kappa shape index (κ2) is 9.96. The molecular formula is C23H28ClN3O3. The molecule has 7 heteroatoms. The molecule has 2 amide bonds. The minimum absolute atomic E-state index is 0.140. The highest BCUT2D eigenvalue weighted by Crippen LogP contribution is 2.27. The molecule has 0 saturated carbocycles. The standard InChI is InChI=1S/C23H28ClN3O3/c1-26(2)15-17-8-6-16(7-9-17)14-25-22(28)20-5-4-12-27(20)23(29)19-13-18(24)10-11-21(19)30-3/h6-11,13,20H,4-5,12,14-15H2,1-3H3,(H,25,28)/t20-/m0/s1. The third-order valence-electron chi connectivity index (χ3n) is 5.20. The summed E-state index contributed by atoms with van der Waals surface area (Å²) in [6.07, 6.45) is 1.42. The average Bonchev–Trinajstić information content (AvgIpc) is 3.22. The number of halogens is 1. The van der Waals surface area contributed by atoms with Crippen LogP contribution in [-0.4, -0.2) is 55.4 Å². The number of nitrogens with zero attached hydrogens (tertiary/aromatic N) is 2. The van der Waals surface area contributed by atoms with E-state index in [0.717, 1.165) is 18.5 Å². The van der Waals surface area contributed by atoms with Gasteiger partial charge in [-0.05, 0) is 56.3 Å². The van der Waals surface area contributed by atoms with Gasteiger partial charge in [0.2, 0.25) is 5.91 Å². The first-order chi connectivity index (χ1) is 14.4. The highest BCUT2D eigenvalue weighted by molar-refractivity contribution is 6.31. The number of hydrogen-bond acceptors (Lipinski definition) is 4. The van der Waals surface area contributed by atoms with E-state index in [1.807, 2.05) is 26.2 Å². The normalized spacial score (nSPS) is 16.0. The minimum Gasteiger partial charge on any atom is -0.496 e. The number of carbonyl (C=O) groups is 2. The summed E-state index contributed by atoms with van der Waals surface area (Å²) in [6, 6.07) is 12.6. The van der Waals surface area contributed by atoms with Crippen LogP contribution in [0.3, 0.4) is 0 Å². The third-order valence-corrected chi connectivity index (χ3v) is 5.43. The zero-order valence-corrected chi connectivity index (χ0v) is 18.4. The fraction of sp³-hybridized carbons (Fsp3) is 0.391. The van der Waals surface area contributed by atoms with Gasteiger partial charge in [0.1, 0.15) is 11.8 Å². The van der Waals surface area contributed by atoms with Gasteiger partial charge >= 0.3 is 0 Å². The van der Waals surface area contributed by atoms with E-state index in [0.29, 0.717) is 35.8 Å². The Hall–Kier alpha value is -2.57. The molecule has 0 aromatic heterocycles. The molecule has 0 unspecified atom stereocenters. The van der Waals surface area contributed by atoms with Crippen molar-refractivity contribution in [3.8, 4) is 5.75 Å². The Bertz CT molecular complexity index is 899. The fourth-order valence-corrected chi connectivity index (χ4v) is 3.89. The van der Waals surface area contributed by atoms with Crippen molar-refractivity contribution in [2.75, 3.05) is 27.7 Å². The first-order valence-electron chi connectivity index (χ1n) is 10.0. The number of nitrogens with one attached hydrogen (secondary N) is 1. The van der Waals surface area contributed by atoms with Gasteiger partial charge in [-0.2, -0.15) is 0 Å². The van der Waals surface area contributed by atoms with Crippen molar-refractivity contribution in [2.24, 2.45) is 0 Å². The lowest BCUT2D eigenvalue weighted by atomic mass is 10.1. The zero-order chi connectivity index (χ0) is 21.7. The number of rotatable bonds is 7. The number of benzene rings is 2. The predicted octanol–water partition coefficient (Wildman–Crippen LogP) is 3.33. The van der Waals surface area contributed by atoms with Crippen molar-refractivity contribution in [2.45, 2.75) is 32.0 Å². The number of likely N-dealkylation sites (tertiary alicyclic amines) is 1. The second-order valence-corrected chi connectivity index (χ2v) is 8.21. The second-order valence-electron chi connectivity index (χ2n) is 7.77. The Labute approximate surface area is 182 Å². The molecule has 0 radical (unpaired) electrons. The molecule has 2 aromatic carbocycles. The molecule has 2 aromatic rings. The van der Waals surface area contributed by atoms with Gasteiger partial charge in [-0.1, -0.05) is 35.9 Å². The largest absolute Gasteiger partial charge is 0.496 e. The van der Waals surface area contributed by atoms with Crippen LogP contribution in [-0.2, 0) is 17.9 Å². The van der Waals surface area contributed by atoms with Gasteiger partial charge in [-0.25, -0.2) is 0 Å². The first-order valence-corrected chi connectivity index (χ1v) is 10.4. The van der Waals surface area contributed by atoms with Gasteiger partial charge < -0.3 is 19.9 Å². The first kappa shape index (κ1) is 22.1. The number of methoxy groups -OCH3 is 1. The predicted molar refractivity (Wildman–Crippen MR) is 118 cm³/mol. The molecular weight excluding hydrogens is 402 g/mol. The van der Waals surface area contributed by atoms with E-state index in [2.05, 4.69) is 22.3 Å². The van der Waals surface area contributed by atoms with Crippen LogP contribution in [0.1, 0.15) is 34.3 Å². The third kappa shape index (κ3) is 5.32. The number of ether oxygens (including phenoxy) is 1. The number of carbonyl (C=O) groups excluding carboxylic acids is 2. The van der Waals surface area contributed by atoms with Gasteiger partial charge in [0.25, 0.3) is 5.91 Å². The Morgan fingerprint density at radius 2 is 1.87 bits per heavy atom. The summed E-state index contributed by atoms with van der Waals surface area (Å²) in [5.74, 6) is 0.0764. The van der Waals surface area contributed by atoms with Crippen molar-refractivity contribution in [3.63, 3.8) is 0 Å². The molecule has 1 heterocycles. The molecule has 1 N–H and O–H groups in total. The zero-order valence-electron chi connectivity index (χ0n) is 17.7. The molecule has 1 saturated heterocycles. The monoisotopic (exact) mass is 429 g/mol. The quantitative estimate of drug-likeness (QED) is 0.733. The van der Waals surface area contributed by atoms with E-state index < -0.39 is 6.04 Å². The molecule has 160 valence electrons.